The summed E-state index contributed by atoms with van der Waals surface area (Å²) in [5, 5.41) is 8.75. The number of rotatable bonds is 6. The van der Waals surface area contributed by atoms with Gasteiger partial charge in [0.05, 0.1) is 0 Å². The van der Waals surface area contributed by atoms with Crippen molar-refractivity contribution in [1.82, 2.24) is 0 Å². The lowest BCUT2D eigenvalue weighted by Gasteiger charge is -2.08. The first-order valence-corrected chi connectivity index (χ1v) is 6.08. The van der Waals surface area contributed by atoms with Crippen LogP contribution in [0.5, 0.6) is 0 Å². The molecule has 1 aromatic rings. The zero-order valence-electron chi connectivity index (χ0n) is 10.3. The van der Waals surface area contributed by atoms with Crippen molar-refractivity contribution >= 4 is 0 Å². The van der Waals surface area contributed by atoms with Crippen LogP contribution in [0.2, 0.25) is 0 Å². The van der Waals surface area contributed by atoms with Gasteiger partial charge in [-0.25, -0.2) is 0 Å². The van der Waals surface area contributed by atoms with Gasteiger partial charge in [-0.15, -0.1) is 0 Å². The maximum absolute atomic E-state index is 8.75. The molecule has 0 saturated carbocycles. The lowest BCUT2D eigenvalue weighted by Crippen LogP contribution is -1.94. The average Bonchev–Trinajstić information content (AvgIpc) is 2.34. The van der Waals surface area contributed by atoms with E-state index in [0.29, 0.717) is 18.4 Å². The van der Waals surface area contributed by atoms with Crippen molar-refractivity contribution < 1.29 is 5.11 Å². The molecular formula is C15H22O. The fourth-order valence-electron chi connectivity index (χ4n) is 1.73. The Labute approximate surface area is 98.8 Å². The number of aliphatic hydroxyl groups is 1. The van der Waals surface area contributed by atoms with Crippen molar-refractivity contribution in [2.45, 2.75) is 32.6 Å². The fourth-order valence-corrected chi connectivity index (χ4v) is 1.73. The molecule has 1 aromatic carbocycles. The molecule has 1 nitrogen and oxygen atoms in total. The van der Waals surface area contributed by atoms with E-state index in [2.05, 4.69) is 50.3 Å². The van der Waals surface area contributed by atoms with E-state index in [1.807, 2.05) is 6.07 Å². The van der Waals surface area contributed by atoms with E-state index in [1.54, 1.807) is 0 Å². The summed E-state index contributed by atoms with van der Waals surface area (Å²) in [4.78, 5) is 0. The van der Waals surface area contributed by atoms with Gasteiger partial charge in [0.15, 0.2) is 0 Å². The van der Waals surface area contributed by atoms with E-state index >= 15 is 0 Å². The monoisotopic (exact) mass is 218 g/mol. The van der Waals surface area contributed by atoms with Crippen LogP contribution >= 0.6 is 0 Å². The summed E-state index contributed by atoms with van der Waals surface area (Å²) in [6, 6.07) is 10.5. The van der Waals surface area contributed by atoms with Crippen LogP contribution in [0, 0.1) is 5.92 Å². The second-order valence-corrected chi connectivity index (χ2v) is 4.43. The molecule has 0 heterocycles. The first-order valence-electron chi connectivity index (χ1n) is 6.08. The van der Waals surface area contributed by atoms with Crippen LogP contribution in [-0.2, 0) is 0 Å². The Kier molecular flexibility index (Phi) is 5.87. The van der Waals surface area contributed by atoms with E-state index in [-0.39, 0.29) is 0 Å². The Morgan fingerprint density at radius 1 is 1.12 bits per heavy atom. The van der Waals surface area contributed by atoms with Crippen LogP contribution in [0.4, 0.5) is 0 Å². The SMILES string of the molecule is C[C@H](/C=C/[C@@H](C)c1ccccc1)CCCO. The minimum Gasteiger partial charge on any atom is -0.396 e. The van der Waals surface area contributed by atoms with Crippen molar-refractivity contribution in [1.29, 1.82) is 0 Å². The Hall–Kier alpha value is -1.08. The zero-order chi connectivity index (χ0) is 11.8. The molecule has 2 atom stereocenters. The highest BCUT2D eigenvalue weighted by Gasteiger charge is 2.01. The first-order chi connectivity index (χ1) is 7.74. The Bertz CT molecular complexity index is 302. The van der Waals surface area contributed by atoms with Gasteiger partial charge in [-0.3, -0.25) is 0 Å². The largest absolute Gasteiger partial charge is 0.396 e. The van der Waals surface area contributed by atoms with Gasteiger partial charge in [0.2, 0.25) is 0 Å². The standard InChI is InChI=1S/C15H22O/c1-13(7-6-12-16)10-11-14(2)15-8-4-3-5-9-15/h3-5,8-11,13-14,16H,6-7,12H2,1-2H3/b11-10+/t13-,14+/m0/s1. The topological polar surface area (TPSA) is 20.2 Å². The molecule has 0 saturated heterocycles. The molecule has 1 N–H and O–H groups in total. The average molecular weight is 218 g/mol. The van der Waals surface area contributed by atoms with Crippen LogP contribution in [0.1, 0.15) is 38.2 Å². The lowest BCUT2D eigenvalue weighted by atomic mass is 9.97. The summed E-state index contributed by atoms with van der Waals surface area (Å²) >= 11 is 0. The summed E-state index contributed by atoms with van der Waals surface area (Å²) in [6.45, 7) is 4.71. The maximum Gasteiger partial charge on any atom is 0.0431 e. The van der Waals surface area contributed by atoms with Gasteiger partial charge in [-0.05, 0) is 30.2 Å². The first kappa shape index (κ1) is 13.0. The van der Waals surface area contributed by atoms with Crippen LogP contribution in [0.3, 0.4) is 0 Å². The van der Waals surface area contributed by atoms with E-state index in [9.17, 15) is 0 Å². The second kappa shape index (κ2) is 7.24. The molecule has 0 aliphatic rings. The molecule has 0 aliphatic heterocycles. The van der Waals surface area contributed by atoms with Gasteiger partial charge in [0, 0.05) is 6.61 Å². The summed E-state index contributed by atoms with van der Waals surface area (Å²) in [6.07, 6.45) is 6.48. The van der Waals surface area contributed by atoms with Crippen molar-refractivity contribution in [2.75, 3.05) is 6.61 Å². The van der Waals surface area contributed by atoms with E-state index < -0.39 is 0 Å². The van der Waals surface area contributed by atoms with Crippen molar-refractivity contribution in [3.63, 3.8) is 0 Å². The number of allylic oxidation sites excluding steroid dienone is 2. The molecule has 88 valence electrons. The molecule has 0 spiro atoms. The lowest BCUT2D eigenvalue weighted by molar-refractivity contribution is 0.279. The van der Waals surface area contributed by atoms with E-state index in [4.69, 9.17) is 5.11 Å². The molecule has 1 heteroatoms. The van der Waals surface area contributed by atoms with Gasteiger partial charge in [0.1, 0.15) is 0 Å². The third-order valence-electron chi connectivity index (χ3n) is 2.87. The predicted molar refractivity (Wildman–Crippen MR) is 69.5 cm³/mol. The predicted octanol–water partition coefficient (Wildman–Crippen LogP) is 3.75. The van der Waals surface area contributed by atoms with Crippen molar-refractivity contribution in [3.05, 3.63) is 48.0 Å². The highest BCUT2D eigenvalue weighted by Crippen LogP contribution is 2.17. The molecule has 0 amide bonds. The summed E-state index contributed by atoms with van der Waals surface area (Å²) in [7, 11) is 0. The molecule has 0 aromatic heterocycles. The van der Waals surface area contributed by atoms with Crippen LogP contribution in [0.25, 0.3) is 0 Å². The molecular weight excluding hydrogens is 196 g/mol. The molecule has 0 radical (unpaired) electrons. The second-order valence-electron chi connectivity index (χ2n) is 4.43. The van der Waals surface area contributed by atoms with Gasteiger partial charge in [0.25, 0.3) is 0 Å². The molecule has 0 bridgehead atoms. The molecule has 0 unspecified atom stereocenters. The van der Waals surface area contributed by atoms with Gasteiger partial charge in [-0.2, -0.15) is 0 Å². The Morgan fingerprint density at radius 2 is 1.81 bits per heavy atom. The van der Waals surface area contributed by atoms with Crippen LogP contribution in [0.15, 0.2) is 42.5 Å². The zero-order valence-corrected chi connectivity index (χ0v) is 10.3. The Morgan fingerprint density at radius 3 is 2.44 bits per heavy atom. The minimum atomic E-state index is 0.298. The summed E-state index contributed by atoms with van der Waals surface area (Å²) < 4.78 is 0. The number of aliphatic hydroxyl groups excluding tert-OH is 1. The number of hydrogen-bond donors (Lipinski definition) is 1. The molecule has 16 heavy (non-hydrogen) atoms. The quantitative estimate of drug-likeness (QED) is 0.721. The smallest absolute Gasteiger partial charge is 0.0431 e. The number of hydrogen-bond acceptors (Lipinski definition) is 1. The highest BCUT2D eigenvalue weighted by molar-refractivity contribution is 5.22. The van der Waals surface area contributed by atoms with Crippen LogP contribution in [-0.4, -0.2) is 11.7 Å². The van der Waals surface area contributed by atoms with Crippen molar-refractivity contribution in [2.24, 2.45) is 5.92 Å². The fraction of sp³-hybridized carbons (Fsp3) is 0.467. The number of benzene rings is 1. The van der Waals surface area contributed by atoms with Gasteiger partial charge in [-0.1, -0.05) is 56.3 Å². The third-order valence-corrected chi connectivity index (χ3v) is 2.87. The third kappa shape index (κ3) is 4.63. The molecule has 1 rings (SSSR count). The van der Waals surface area contributed by atoms with Gasteiger partial charge < -0.3 is 5.11 Å². The highest BCUT2D eigenvalue weighted by atomic mass is 16.2. The maximum atomic E-state index is 8.75. The van der Waals surface area contributed by atoms with Crippen LogP contribution < -0.4 is 0 Å². The van der Waals surface area contributed by atoms with Gasteiger partial charge >= 0.3 is 0 Å². The van der Waals surface area contributed by atoms with E-state index in [1.165, 1.54) is 5.56 Å². The van der Waals surface area contributed by atoms with E-state index in [0.717, 1.165) is 12.8 Å². The summed E-state index contributed by atoms with van der Waals surface area (Å²) in [5.74, 6) is 1.02. The minimum absolute atomic E-state index is 0.298. The molecule has 0 fully saturated rings. The normalized spacial score (nSPS) is 15.2. The Balaban J connectivity index is 2.44. The summed E-state index contributed by atoms with van der Waals surface area (Å²) in [5.41, 5.74) is 1.35. The van der Waals surface area contributed by atoms with Crippen molar-refractivity contribution in [3.8, 4) is 0 Å². The molecule has 0 aliphatic carbocycles.